The van der Waals surface area contributed by atoms with Crippen LogP contribution in [0.3, 0.4) is 0 Å². The predicted octanol–water partition coefficient (Wildman–Crippen LogP) is 3.83. The van der Waals surface area contributed by atoms with E-state index in [1.165, 1.54) is 17.4 Å². The molecule has 1 amide bonds. The van der Waals surface area contributed by atoms with Crippen LogP contribution >= 0.6 is 11.3 Å². The van der Waals surface area contributed by atoms with Crippen LogP contribution in [0.15, 0.2) is 42.6 Å². The van der Waals surface area contributed by atoms with E-state index in [2.05, 4.69) is 15.6 Å². The second kappa shape index (κ2) is 9.29. The van der Waals surface area contributed by atoms with Crippen molar-refractivity contribution < 1.29 is 14.3 Å². The molecular weight excluding hydrogens is 388 g/mol. The molecule has 0 aliphatic carbocycles. The molecule has 0 atom stereocenters. The van der Waals surface area contributed by atoms with Crippen molar-refractivity contribution in [2.75, 3.05) is 11.9 Å². The summed E-state index contributed by atoms with van der Waals surface area (Å²) in [5.74, 6) is -0.785. The monoisotopic (exact) mass is 410 g/mol. The van der Waals surface area contributed by atoms with Crippen molar-refractivity contribution in [3.63, 3.8) is 0 Å². The van der Waals surface area contributed by atoms with Gasteiger partial charge >= 0.3 is 5.97 Å². The first-order valence-corrected chi connectivity index (χ1v) is 9.99. The molecule has 8 heteroatoms. The van der Waals surface area contributed by atoms with Gasteiger partial charge < -0.3 is 10.1 Å². The van der Waals surface area contributed by atoms with Crippen molar-refractivity contribution >= 4 is 34.3 Å². The Balaban J connectivity index is 1.66. The summed E-state index contributed by atoms with van der Waals surface area (Å²) in [6.45, 7) is 6.37. The SMILES string of the molecule is CCOC(=O)c1c(NC(=O)/C=C/c2cn(Cc3ccccc3)nn2)sc(C)c1C. The highest BCUT2D eigenvalue weighted by Gasteiger charge is 2.21. The molecule has 3 aromatic rings. The van der Waals surface area contributed by atoms with E-state index in [1.54, 1.807) is 23.9 Å². The van der Waals surface area contributed by atoms with Gasteiger partial charge in [-0.05, 0) is 38.0 Å². The number of ether oxygens (including phenoxy) is 1. The van der Waals surface area contributed by atoms with Gasteiger partial charge in [-0.3, -0.25) is 4.79 Å². The van der Waals surface area contributed by atoms with Gasteiger partial charge in [-0.15, -0.1) is 16.4 Å². The molecule has 0 radical (unpaired) electrons. The van der Waals surface area contributed by atoms with Gasteiger partial charge in [-0.1, -0.05) is 35.5 Å². The normalized spacial score (nSPS) is 11.0. The molecule has 0 saturated heterocycles. The molecule has 0 aliphatic heterocycles. The number of carbonyl (C=O) groups excluding carboxylic acids is 2. The zero-order valence-corrected chi connectivity index (χ0v) is 17.3. The summed E-state index contributed by atoms with van der Waals surface area (Å²) in [5.41, 5.74) is 2.90. The topological polar surface area (TPSA) is 86.1 Å². The van der Waals surface area contributed by atoms with E-state index in [0.717, 1.165) is 16.0 Å². The first kappa shape index (κ1) is 20.5. The van der Waals surface area contributed by atoms with Gasteiger partial charge in [0, 0.05) is 11.0 Å². The molecule has 0 bridgehead atoms. The molecule has 150 valence electrons. The van der Waals surface area contributed by atoms with Gasteiger partial charge in [-0.2, -0.15) is 0 Å². The molecular formula is C21H22N4O3S. The fourth-order valence-electron chi connectivity index (χ4n) is 2.72. The molecule has 1 N–H and O–H groups in total. The standard InChI is InChI=1S/C21H22N4O3S/c1-4-28-21(27)19-14(2)15(3)29-20(19)22-18(26)11-10-17-13-25(24-23-17)12-16-8-6-5-7-9-16/h5-11,13H,4,12H2,1-3H3,(H,22,26)/b11-10+. The number of anilines is 1. The van der Waals surface area contributed by atoms with Crippen molar-refractivity contribution in [2.45, 2.75) is 27.3 Å². The summed E-state index contributed by atoms with van der Waals surface area (Å²) in [7, 11) is 0. The van der Waals surface area contributed by atoms with Crippen LogP contribution in [0.4, 0.5) is 5.00 Å². The number of nitrogens with one attached hydrogen (secondary N) is 1. The number of benzene rings is 1. The molecule has 2 aromatic heterocycles. The van der Waals surface area contributed by atoms with Crippen molar-refractivity contribution in [1.82, 2.24) is 15.0 Å². The van der Waals surface area contributed by atoms with Crippen molar-refractivity contribution in [2.24, 2.45) is 0 Å². The Morgan fingerprint density at radius 3 is 2.72 bits per heavy atom. The molecule has 7 nitrogen and oxygen atoms in total. The second-order valence-electron chi connectivity index (χ2n) is 6.36. The van der Waals surface area contributed by atoms with Crippen LogP contribution in [0.2, 0.25) is 0 Å². The Kier molecular flexibility index (Phi) is 6.56. The average Bonchev–Trinajstić information content (AvgIpc) is 3.25. The zero-order chi connectivity index (χ0) is 20.8. The van der Waals surface area contributed by atoms with Crippen LogP contribution in [0.1, 0.15) is 39.0 Å². The lowest BCUT2D eigenvalue weighted by molar-refractivity contribution is -0.111. The van der Waals surface area contributed by atoms with Gasteiger partial charge in [0.05, 0.1) is 24.9 Å². The van der Waals surface area contributed by atoms with E-state index < -0.39 is 5.97 Å². The van der Waals surface area contributed by atoms with Gasteiger partial charge in [0.15, 0.2) is 0 Å². The minimum absolute atomic E-state index is 0.277. The third-order valence-corrected chi connectivity index (χ3v) is 5.37. The Morgan fingerprint density at radius 2 is 2.00 bits per heavy atom. The number of aryl methyl sites for hydroxylation is 1. The van der Waals surface area contributed by atoms with Crippen molar-refractivity contribution in [1.29, 1.82) is 0 Å². The predicted molar refractivity (Wildman–Crippen MR) is 113 cm³/mol. The fraction of sp³-hybridized carbons (Fsp3) is 0.238. The molecule has 0 fully saturated rings. The zero-order valence-electron chi connectivity index (χ0n) is 16.5. The minimum atomic E-state index is -0.433. The van der Waals surface area contributed by atoms with Crippen LogP contribution in [-0.4, -0.2) is 33.5 Å². The lowest BCUT2D eigenvalue weighted by Gasteiger charge is -2.05. The lowest BCUT2D eigenvalue weighted by atomic mass is 10.1. The van der Waals surface area contributed by atoms with E-state index in [-0.39, 0.29) is 12.5 Å². The highest BCUT2D eigenvalue weighted by atomic mass is 32.1. The molecule has 3 rings (SSSR count). The molecule has 0 unspecified atom stereocenters. The number of thiophene rings is 1. The number of carbonyl (C=O) groups is 2. The molecule has 29 heavy (non-hydrogen) atoms. The maximum Gasteiger partial charge on any atom is 0.341 e. The Bertz CT molecular complexity index is 1040. The van der Waals surface area contributed by atoms with E-state index >= 15 is 0 Å². The first-order chi connectivity index (χ1) is 14.0. The number of rotatable bonds is 7. The second-order valence-corrected chi connectivity index (χ2v) is 7.58. The highest BCUT2D eigenvalue weighted by molar-refractivity contribution is 7.16. The minimum Gasteiger partial charge on any atom is -0.462 e. The quantitative estimate of drug-likeness (QED) is 0.472. The summed E-state index contributed by atoms with van der Waals surface area (Å²) in [6.07, 6.45) is 4.72. The number of hydrogen-bond acceptors (Lipinski definition) is 6. The maximum atomic E-state index is 12.3. The van der Waals surface area contributed by atoms with Crippen molar-refractivity contribution in [3.05, 3.63) is 69.9 Å². The fourth-order valence-corrected chi connectivity index (χ4v) is 3.77. The van der Waals surface area contributed by atoms with Crippen LogP contribution in [0.5, 0.6) is 0 Å². The van der Waals surface area contributed by atoms with Crippen LogP contribution in [0, 0.1) is 13.8 Å². The lowest BCUT2D eigenvalue weighted by Crippen LogP contribution is -2.12. The molecule has 0 aliphatic rings. The van der Waals surface area contributed by atoms with Crippen LogP contribution in [-0.2, 0) is 16.1 Å². The van der Waals surface area contributed by atoms with Crippen LogP contribution < -0.4 is 5.32 Å². The average molecular weight is 410 g/mol. The van der Waals surface area contributed by atoms with E-state index in [0.29, 0.717) is 22.8 Å². The molecule has 1 aromatic carbocycles. The summed E-state index contributed by atoms with van der Waals surface area (Å²) in [6, 6.07) is 9.92. The largest absolute Gasteiger partial charge is 0.462 e. The number of nitrogens with zero attached hydrogens (tertiary/aromatic N) is 3. The van der Waals surface area contributed by atoms with Gasteiger partial charge in [0.2, 0.25) is 5.91 Å². The number of amides is 1. The third-order valence-electron chi connectivity index (χ3n) is 4.25. The van der Waals surface area contributed by atoms with E-state index in [9.17, 15) is 9.59 Å². The van der Waals surface area contributed by atoms with Gasteiger partial charge in [-0.25, -0.2) is 9.48 Å². The summed E-state index contributed by atoms with van der Waals surface area (Å²) >= 11 is 1.35. The summed E-state index contributed by atoms with van der Waals surface area (Å²) in [5, 5.41) is 11.4. The van der Waals surface area contributed by atoms with Crippen LogP contribution in [0.25, 0.3) is 6.08 Å². The Hall–Kier alpha value is -3.26. The number of aromatic nitrogens is 3. The Labute approximate surface area is 173 Å². The third kappa shape index (κ3) is 5.17. The van der Waals surface area contributed by atoms with E-state index in [4.69, 9.17) is 4.74 Å². The van der Waals surface area contributed by atoms with E-state index in [1.807, 2.05) is 44.2 Å². The molecule has 2 heterocycles. The summed E-state index contributed by atoms with van der Waals surface area (Å²) < 4.78 is 6.81. The van der Waals surface area contributed by atoms with Gasteiger partial charge in [0.1, 0.15) is 10.7 Å². The Morgan fingerprint density at radius 1 is 1.24 bits per heavy atom. The van der Waals surface area contributed by atoms with Gasteiger partial charge in [0.25, 0.3) is 0 Å². The van der Waals surface area contributed by atoms with Crippen molar-refractivity contribution in [3.8, 4) is 0 Å². The molecule has 0 spiro atoms. The first-order valence-electron chi connectivity index (χ1n) is 9.18. The molecule has 0 saturated carbocycles. The number of esters is 1. The number of hydrogen-bond donors (Lipinski definition) is 1. The maximum absolute atomic E-state index is 12.3. The highest BCUT2D eigenvalue weighted by Crippen LogP contribution is 2.33. The smallest absolute Gasteiger partial charge is 0.341 e. The summed E-state index contributed by atoms with van der Waals surface area (Å²) in [4.78, 5) is 25.5.